The molecule has 1 N–H and O–H groups in total. The van der Waals surface area contributed by atoms with Crippen molar-refractivity contribution in [3.8, 4) is 0 Å². The number of nitrogens with one attached hydrogen (secondary N) is 1. The lowest BCUT2D eigenvalue weighted by Gasteiger charge is -2.37. The number of carbonyl (C=O) groups excluding carboxylic acids is 1. The third-order valence-electron chi connectivity index (χ3n) is 7.56. The van der Waals surface area contributed by atoms with Gasteiger partial charge in [0.2, 0.25) is 5.91 Å². The zero-order valence-electron chi connectivity index (χ0n) is 18.4. The number of rotatable bonds is 4. The molecule has 3 fully saturated rings. The fourth-order valence-corrected chi connectivity index (χ4v) is 5.94. The molecule has 1 saturated carbocycles. The molecule has 5 rings (SSSR count). The van der Waals surface area contributed by atoms with Crippen LogP contribution in [-0.4, -0.2) is 56.8 Å². The molecule has 2 aliphatic heterocycles. The van der Waals surface area contributed by atoms with E-state index in [1.165, 1.54) is 24.1 Å². The van der Waals surface area contributed by atoms with Gasteiger partial charge in [-0.3, -0.25) is 14.7 Å². The molecular formula is C24H35N5O. The van der Waals surface area contributed by atoms with Gasteiger partial charge in [-0.1, -0.05) is 20.3 Å². The molecule has 4 heterocycles. The lowest BCUT2D eigenvalue weighted by molar-refractivity contribution is -0.139. The molecule has 2 aromatic rings. The van der Waals surface area contributed by atoms with Gasteiger partial charge in [0.25, 0.3) is 0 Å². The molecule has 30 heavy (non-hydrogen) atoms. The number of piperidine rings is 2. The summed E-state index contributed by atoms with van der Waals surface area (Å²) in [5, 5.41) is 0. The van der Waals surface area contributed by atoms with Crippen LogP contribution in [0.3, 0.4) is 0 Å². The SMILES string of the molecule is CC1CC(C)CN(Cc2c(C3CCN(C(=O)C4CCC4)CC3)[nH]c3nccnc23)C1. The Labute approximate surface area is 179 Å². The minimum Gasteiger partial charge on any atom is -0.342 e. The maximum atomic E-state index is 12.6. The highest BCUT2D eigenvalue weighted by molar-refractivity contribution is 5.80. The van der Waals surface area contributed by atoms with E-state index in [0.29, 0.717) is 17.7 Å². The smallest absolute Gasteiger partial charge is 0.225 e. The largest absolute Gasteiger partial charge is 0.342 e. The number of hydrogen-bond acceptors (Lipinski definition) is 4. The van der Waals surface area contributed by atoms with Crippen LogP contribution in [0.25, 0.3) is 11.2 Å². The summed E-state index contributed by atoms with van der Waals surface area (Å²) in [5.41, 5.74) is 4.60. The van der Waals surface area contributed by atoms with Crippen molar-refractivity contribution in [2.45, 2.75) is 64.8 Å². The first kappa shape index (κ1) is 20.0. The monoisotopic (exact) mass is 409 g/mol. The van der Waals surface area contributed by atoms with Gasteiger partial charge in [0.15, 0.2) is 5.65 Å². The molecule has 162 valence electrons. The molecule has 0 bridgehead atoms. The average molecular weight is 410 g/mol. The van der Waals surface area contributed by atoms with Gasteiger partial charge in [-0.05, 0) is 43.9 Å². The Morgan fingerprint density at radius 3 is 2.43 bits per heavy atom. The van der Waals surface area contributed by atoms with Gasteiger partial charge in [-0.25, -0.2) is 4.98 Å². The Morgan fingerprint density at radius 1 is 1.07 bits per heavy atom. The van der Waals surface area contributed by atoms with E-state index < -0.39 is 0 Å². The maximum Gasteiger partial charge on any atom is 0.225 e. The predicted molar refractivity (Wildman–Crippen MR) is 118 cm³/mol. The van der Waals surface area contributed by atoms with E-state index in [4.69, 9.17) is 4.98 Å². The summed E-state index contributed by atoms with van der Waals surface area (Å²) < 4.78 is 0. The molecule has 0 aromatic carbocycles. The number of amides is 1. The number of fused-ring (bicyclic) bond motifs is 1. The van der Waals surface area contributed by atoms with Crippen LogP contribution in [0.15, 0.2) is 12.4 Å². The van der Waals surface area contributed by atoms with Crippen molar-refractivity contribution in [1.82, 2.24) is 24.8 Å². The fraction of sp³-hybridized carbons (Fsp3) is 0.708. The predicted octanol–water partition coefficient (Wildman–Crippen LogP) is 3.94. The molecule has 1 amide bonds. The topological polar surface area (TPSA) is 65.1 Å². The van der Waals surface area contributed by atoms with Crippen LogP contribution in [0.1, 0.15) is 69.5 Å². The second-order valence-corrected chi connectivity index (χ2v) is 10.1. The van der Waals surface area contributed by atoms with Gasteiger partial charge < -0.3 is 9.88 Å². The van der Waals surface area contributed by atoms with E-state index in [9.17, 15) is 4.79 Å². The van der Waals surface area contributed by atoms with Crippen molar-refractivity contribution in [3.63, 3.8) is 0 Å². The Kier molecular flexibility index (Phi) is 5.52. The van der Waals surface area contributed by atoms with Crippen molar-refractivity contribution in [3.05, 3.63) is 23.7 Å². The summed E-state index contributed by atoms with van der Waals surface area (Å²) in [7, 11) is 0. The number of nitrogens with zero attached hydrogens (tertiary/aromatic N) is 4. The maximum absolute atomic E-state index is 12.6. The molecule has 3 aliphatic rings. The Balaban J connectivity index is 1.35. The molecule has 2 aromatic heterocycles. The molecule has 1 aliphatic carbocycles. The number of carbonyl (C=O) groups is 1. The lowest BCUT2D eigenvalue weighted by Crippen LogP contribution is -2.43. The van der Waals surface area contributed by atoms with Crippen LogP contribution in [0.5, 0.6) is 0 Å². The van der Waals surface area contributed by atoms with E-state index in [1.54, 1.807) is 6.20 Å². The fourth-order valence-electron chi connectivity index (χ4n) is 5.94. The summed E-state index contributed by atoms with van der Waals surface area (Å²) in [5.74, 6) is 2.66. The quantitative estimate of drug-likeness (QED) is 0.831. The summed E-state index contributed by atoms with van der Waals surface area (Å²) in [6, 6.07) is 0. The summed E-state index contributed by atoms with van der Waals surface area (Å²) >= 11 is 0. The zero-order valence-corrected chi connectivity index (χ0v) is 18.4. The van der Waals surface area contributed by atoms with Gasteiger partial charge in [0.05, 0.1) is 0 Å². The number of hydrogen-bond donors (Lipinski definition) is 1. The second kappa shape index (κ2) is 8.29. The first-order valence-corrected chi connectivity index (χ1v) is 11.9. The highest BCUT2D eigenvalue weighted by atomic mass is 16.2. The van der Waals surface area contributed by atoms with E-state index >= 15 is 0 Å². The van der Waals surface area contributed by atoms with Gasteiger partial charge in [0.1, 0.15) is 5.52 Å². The van der Waals surface area contributed by atoms with E-state index in [2.05, 4.69) is 33.6 Å². The second-order valence-electron chi connectivity index (χ2n) is 10.1. The summed E-state index contributed by atoms with van der Waals surface area (Å²) in [4.78, 5) is 30.3. The molecular weight excluding hydrogens is 374 g/mol. The first-order chi connectivity index (χ1) is 14.6. The van der Waals surface area contributed by atoms with Crippen molar-refractivity contribution >= 4 is 17.1 Å². The Morgan fingerprint density at radius 2 is 1.77 bits per heavy atom. The third-order valence-corrected chi connectivity index (χ3v) is 7.56. The lowest BCUT2D eigenvalue weighted by atomic mass is 9.83. The number of likely N-dealkylation sites (tertiary alicyclic amines) is 2. The first-order valence-electron chi connectivity index (χ1n) is 11.9. The molecule has 2 atom stereocenters. The number of aromatic amines is 1. The molecule has 0 spiro atoms. The minimum absolute atomic E-state index is 0.307. The van der Waals surface area contributed by atoms with E-state index in [-0.39, 0.29) is 0 Å². The Hall–Kier alpha value is -1.95. The summed E-state index contributed by atoms with van der Waals surface area (Å²) in [6.07, 6.45) is 10.4. The molecule has 0 radical (unpaired) electrons. The third kappa shape index (κ3) is 3.86. The molecule has 6 nitrogen and oxygen atoms in total. The molecule has 2 unspecified atom stereocenters. The normalized spacial score (nSPS) is 26.8. The molecule has 2 saturated heterocycles. The van der Waals surface area contributed by atoms with Gasteiger partial charge >= 0.3 is 0 Å². The minimum atomic E-state index is 0.307. The van der Waals surface area contributed by atoms with Gasteiger partial charge in [-0.15, -0.1) is 0 Å². The van der Waals surface area contributed by atoms with Gasteiger partial charge in [0, 0.05) is 68.2 Å². The van der Waals surface area contributed by atoms with Crippen molar-refractivity contribution < 1.29 is 4.79 Å². The van der Waals surface area contributed by atoms with Crippen LogP contribution in [0.2, 0.25) is 0 Å². The van der Waals surface area contributed by atoms with Crippen molar-refractivity contribution in [2.75, 3.05) is 26.2 Å². The van der Waals surface area contributed by atoms with E-state index in [1.807, 2.05) is 6.20 Å². The molecule has 6 heteroatoms. The van der Waals surface area contributed by atoms with Crippen molar-refractivity contribution in [1.29, 1.82) is 0 Å². The zero-order chi connectivity index (χ0) is 20.7. The van der Waals surface area contributed by atoms with Gasteiger partial charge in [-0.2, -0.15) is 0 Å². The van der Waals surface area contributed by atoms with Crippen LogP contribution < -0.4 is 0 Å². The Bertz CT molecular complexity index is 886. The highest BCUT2D eigenvalue weighted by Crippen LogP contribution is 2.36. The van der Waals surface area contributed by atoms with Crippen LogP contribution in [0.4, 0.5) is 0 Å². The summed E-state index contributed by atoms with van der Waals surface area (Å²) in [6.45, 7) is 9.77. The highest BCUT2D eigenvalue weighted by Gasteiger charge is 2.33. The van der Waals surface area contributed by atoms with Crippen LogP contribution >= 0.6 is 0 Å². The van der Waals surface area contributed by atoms with Crippen LogP contribution in [0, 0.1) is 17.8 Å². The number of aromatic nitrogens is 3. The van der Waals surface area contributed by atoms with Crippen LogP contribution in [-0.2, 0) is 11.3 Å². The average Bonchev–Trinajstić information content (AvgIpc) is 3.04. The standard InChI is InChI=1S/C24H35N5O/c1-16-12-17(2)14-28(13-16)15-20-21(27-23-22(20)25-8-9-26-23)18-6-10-29(11-7-18)24(30)19-4-3-5-19/h8-9,16-19H,3-7,10-15H2,1-2H3,(H,26,27). The number of H-pyrrole nitrogens is 1. The van der Waals surface area contributed by atoms with E-state index in [0.717, 1.165) is 81.4 Å². The van der Waals surface area contributed by atoms with Crippen molar-refractivity contribution in [2.24, 2.45) is 17.8 Å².